The molecule has 4 heteroatoms. The lowest BCUT2D eigenvalue weighted by Gasteiger charge is -2.25. The van der Waals surface area contributed by atoms with Crippen molar-refractivity contribution in [1.29, 1.82) is 0 Å². The molecule has 1 aliphatic rings. The minimum absolute atomic E-state index is 0.109. The maximum absolute atomic E-state index is 11.7. The van der Waals surface area contributed by atoms with E-state index in [-0.39, 0.29) is 12.4 Å². The van der Waals surface area contributed by atoms with Crippen LogP contribution in [0.3, 0.4) is 0 Å². The van der Waals surface area contributed by atoms with Gasteiger partial charge in [-0.15, -0.1) is 0 Å². The molecule has 0 radical (unpaired) electrons. The first-order valence-electron chi connectivity index (χ1n) is 5.83. The molecule has 0 spiro atoms. The van der Waals surface area contributed by atoms with Crippen molar-refractivity contribution in [3.8, 4) is 0 Å². The summed E-state index contributed by atoms with van der Waals surface area (Å²) >= 11 is 0. The smallest absolute Gasteiger partial charge is 0.375 e. The fourth-order valence-corrected chi connectivity index (χ4v) is 2.07. The van der Waals surface area contributed by atoms with Crippen LogP contribution in [-0.4, -0.2) is 24.1 Å². The summed E-state index contributed by atoms with van der Waals surface area (Å²) in [5.74, 6) is -2.01. The Balaban J connectivity index is 2.65. The number of carbonyl (C=O) groups excluding carboxylic acids is 3. The second kappa shape index (κ2) is 5.77. The van der Waals surface area contributed by atoms with Crippen LogP contribution in [0.1, 0.15) is 39.5 Å². The Morgan fingerprint density at radius 1 is 1.38 bits per heavy atom. The summed E-state index contributed by atoms with van der Waals surface area (Å²) in [4.78, 5) is 34.5. The van der Waals surface area contributed by atoms with Gasteiger partial charge >= 0.3 is 5.97 Å². The van der Waals surface area contributed by atoms with Crippen LogP contribution in [0.15, 0.2) is 0 Å². The molecule has 0 aromatic rings. The average molecular weight is 226 g/mol. The van der Waals surface area contributed by atoms with Crippen molar-refractivity contribution in [1.82, 2.24) is 0 Å². The lowest BCUT2D eigenvalue weighted by atomic mass is 9.77. The highest BCUT2D eigenvalue weighted by atomic mass is 16.5. The standard InChI is InChI=1S/C12H18O4/c1-3-8-5-6-10(13)9(7-8)11(14)12(15)16-4-2/h8-9H,3-7H2,1-2H3/t8-,9+/m0/s1. The van der Waals surface area contributed by atoms with E-state index in [9.17, 15) is 14.4 Å². The van der Waals surface area contributed by atoms with Gasteiger partial charge in [0.25, 0.3) is 0 Å². The maximum atomic E-state index is 11.7. The van der Waals surface area contributed by atoms with Crippen molar-refractivity contribution in [2.75, 3.05) is 6.61 Å². The second-order valence-electron chi connectivity index (χ2n) is 4.15. The van der Waals surface area contributed by atoms with Gasteiger partial charge in [-0.05, 0) is 25.7 Å². The van der Waals surface area contributed by atoms with Crippen LogP contribution in [0.2, 0.25) is 0 Å². The zero-order valence-electron chi connectivity index (χ0n) is 9.82. The van der Waals surface area contributed by atoms with Gasteiger partial charge in [-0.2, -0.15) is 0 Å². The molecule has 90 valence electrons. The third-order valence-electron chi connectivity index (χ3n) is 3.13. The predicted molar refractivity (Wildman–Crippen MR) is 57.8 cm³/mol. The molecule has 2 atom stereocenters. The van der Waals surface area contributed by atoms with E-state index in [4.69, 9.17) is 0 Å². The lowest BCUT2D eigenvalue weighted by molar-refractivity contribution is -0.157. The maximum Gasteiger partial charge on any atom is 0.375 e. The first kappa shape index (κ1) is 12.9. The molecule has 1 rings (SSSR count). The molecule has 16 heavy (non-hydrogen) atoms. The molecule has 0 aliphatic heterocycles. The highest BCUT2D eigenvalue weighted by Gasteiger charge is 2.36. The van der Waals surface area contributed by atoms with Gasteiger partial charge in [-0.25, -0.2) is 4.79 Å². The molecular formula is C12H18O4. The topological polar surface area (TPSA) is 60.4 Å². The molecule has 0 heterocycles. The molecule has 4 nitrogen and oxygen atoms in total. The molecule has 1 fully saturated rings. The third kappa shape index (κ3) is 2.90. The zero-order valence-corrected chi connectivity index (χ0v) is 9.82. The SMILES string of the molecule is CCOC(=O)C(=O)[C@@H]1C[C@@H](CC)CCC1=O. The van der Waals surface area contributed by atoms with E-state index in [1.54, 1.807) is 6.92 Å². The third-order valence-corrected chi connectivity index (χ3v) is 3.13. The first-order valence-corrected chi connectivity index (χ1v) is 5.83. The molecular weight excluding hydrogens is 208 g/mol. The predicted octanol–water partition coefficient (Wildman–Crippen LogP) is 1.51. The quantitative estimate of drug-likeness (QED) is 0.414. The highest BCUT2D eigenvalue weighted by molar-refractivity contribution is 6.38. The molecule has 1 aliphatic carbocycles. The molecule has 0 aromatic carbocycles. The fraction of sp³-hybridized carbons (Fsp3) is 0.750. The Morgan fingerprint density at radius 2 is 2.06 bits per heavy atom. The van der Waals surface area contributed by atoms with Crippen molar-refractivity contribution in [2.45, 2.75) is 39.5 Å². The lowest BCUT2D eigenvalue weighted by Crippen LogP contribution is -2.36. The van der Waals surface area contributed by atoms with Crippen molar-refractivity contribution in [3.05, 3.63) is 0 Å². The van der Waals surface area contributed by atoms with Crippen LogP contribution in [0, 0.1) is 11.8 Å². The summed E-state index contributed by atoms with van der Waals surface area (Å²) in [6.45, 7) is 3.85. The zero-order chi connectivity index (χ0) is 12.1. The van der Waals surface area contributed by atoms with E-state index in [2.05, 4.69) is 4.74 Å². The van der Waals surface area contributed by atoms with Gasteiger partial charge < -0.3 is 4.74 Å². The number of hydrogen-bond donors (Lipinski definition) is 0. The first-order chi connectivity index (χ1) is 7.60. The molecule has 0 unspecified atom stereocenters. The number of carbonyl (C=O) groups is 3. The monoisotopic (exact) mass is 226 g/mol. The number of Topliss-reactive ketones (excluding diaryl/α,β-unsaturated/α-hetero) is 2. The van der Waals surface area contributed by atoms with Crippen LogP contribution in [0.5, 0.6) is 0 Å². The van der Waals surface area contributed by atoms with Gasteiger partial charge in [-0.1, -0.05) is 13.3 Å². The van der Waals surface area contributed by atoms with Crippen LogP contribution in [0.25, 0.3) is 0 Å². The molecule has 0 N–H and O–H groups in total. The van der Waals surface area contributed by atoms with Gasteiger partial charge in [-0.3, -0.25) is 9.59 Å². The van der Waals surface area contributed by atoms with E-state index in [1.165, 1.54) is 0 Å². The van der Waals surface area contributed by atoms with Gasteiger partial charge in [0.05, 0.1) is 12.5 Å². The van der Waals surface area contributed by atoms with E-state index >= 15 is 0 Å². The Hall–Kier alpha value is -1.19. The summed E-state index contributed by atoms with van der Waals surface area (Å²) in [5, 5.41) is 0. The van der Waals surface area contributed by atoms with Crippen molar-refractivity contribution >= 4 is 17.5 Å². The second-order valence-corrected chi connectivity index (χ2v) is 4.15. The summed E-state index contributed by atoms with van der Waals surface area (Å²) in [7, 11) is 0. The Bertz CT molecular complexity index is 295. The van der Waals surface area contributed by atoms with Gasteiger partial charge in [0.2, 0.25) is 5.78 Å². The average Bonchev–Trinajstić information content (AvgIpc) is 2.29. The number of ether oxygens (including phenoxy) is 1. The number of ketones is 2. The highest BCUT2D eigenvalue weighted by Crippen LogP contribution is 2.29. The minimum atomic E-state index is -0.863. The van der Waals surface area contributed by atoms with Crippen molar-refractivity contribution < 1.29 is 19.1 Å². The van der Waals surface area contributed by atoms with E-state index in [0.29, 0.717) is 18.8 Å². The van der Waals surface area contributed by atoms with Gasteiger partial charge in [0, 0.05) is 6.42 Å². The summed E-state index contributed by atoms with van der Waals surface area (Å²) in [6.07, 6.45) is 2.70. The van der Waals surface area contributed by atoms with E-state index < -0.39 is 17.7 Å². The van der Waals surface area contributed by atoms with Crippen LogP contribution in [-0.2, 0) is 19.1 Å². The van der Waals surface area contributed by atoms with Crippen LogP contribution < -0.4 is 0 Å². The largest absolute Gasteiger partial charge is 0.460 e. The van der Waals surface area contributed by atoms with E-state index in [0.717, 1.165) is 12.8 Å². The Kier molecular flexibility index (Phi) is 4.65. The molecule has 1 saturated carbocycles. The summed E-state index contributed by atoms with van der Waals surface area (Å²) in [6, 6.07) is 0. The number of rotatable bonds is 4. The minimum Gasteiger partial charge on any atom is -0.460 e. The van der Waals surface area contributed by atoms with Crippen molar-refractivity contribution in [3.63, 3.8) is 0 Å². The fourth-order valence-electron chi connectivity index (χ4n) is 2.07. The van der Waals surface area contributed by atoms with Gasteiger partial charge in [0.15, 0.2) is 0 Å². The number of hydrogen-bond acceptors (Lipinski definition) is 4. The summed E-state index contributed by atoms with van der Waals surface area (Å²) < 4.78 is 4.63. The molecule has 0 bridgehead atoms. The normalized spacial score (nSPS) is 25.2. The van der Waals surface area contributed by atoms with E-state index in [1.807, 2.05) is 6.92 Å². The molecule has 0 aromatic heterocycles. The Morgan fingerprint density at radius 3 is 2.62 bits per heavy atom. The Labute approximate surface area is 95.3 Å². The van der Waals surface area contributed by atoms with Crippen LogP contribution >= 0.6 is 0 Å². The van der Waals surface area contributed by atoms with Crippen LogP contribution in [0.4, 0.5) is 0 Å². The molecule has 0 saturated heterocycles. The van der Waals surface area contributed by atoms with Gasteiger partial charge in [0.1, 0.15) is 5.78 Å². The summed E-state index contributed by atoms with van der Waals surface area (Å²) in [5.41, 5.74) is 0. The molecule has 0 amide bonds. The van der Waals surface area contributed by atoms with Crippen molar-refractivity contribution in [2.24, 2.45) is 11.8 Å². The number of esters is 1.